The number of hydrogen-bond donors (Lipinski definition) is 2. The molecule has 0 spiro atoms. The van der Waals surface area contributed by atoms with E-state index in [1.165, 1.54) is 44.9 Å². The average Bonchev–Trinajstić information content (AvgIpc) is 3.50. The van der Waals surface area contributed by atoms with E-state index in [1.54, 1.807) is 4.52 Å². The number of ether oxygens (including phenoxy) is 3. The smallest absolute Gasteiger partial charge is 0.382 e. The maximum absolute atomic E-state index is 12.5. The van der Waals surface area contributed by atoms with E-state index in [-0.39, 0.29) is 13.2 Å². The first kappa shape index (κ1) is 28.4. The third-order valence-corrected chi connectivity index (χ3v) is 7.84. The van der Waals surface area contributed by atoms with Gasteiger partial charge in [0.2, 0.25) is 0 Å². The third kappa shape index (κ3) is 7.29. The lowest BCUT2D eigenvalue weighted by Gasteiger charge is -2.24. The second-order valence-corrected chi connectivity index (χ2v) is 11.7. The first-order valence-corrected chi connectivity index (χ1v) is 14.9. The van der Waals surface area contributed by atoms with Gasteiger partial charge in [-0.05, 0) is 32.4 Å². The minimum Gasteiger partial charge on any atom is -0.382 e. The number of nitrogens with two attached hydrogens (primary N) is 1. The predicted molar refractivity (Wildman–Crippen MR) is 138 cm³/mol. The summed E-state index contributed by atoms with van der Waals surface area (Å²) < 4.78 is 43.1. The Bertz CT molecular complexity index is 1060. The molecule has 2 aliphatic heterocycles. The van der Waals surface area contributed by atoms with Gasteiger partial charge in [-0.2, -0.15) is 5.10 Å². The van der Waals surface area contributed by atoms with Gasteiger partial charge in [0.25, 0.3) is 0 Å². The molecule has 2 fully saturated rings. The molecule has 0 aliphatic carbocycles. The van der Waals surface area contributed by atoms with Crippen molar-refractivity contribution in [1.82, 2.24) is 14.6 Å². The van der Waals surface area contributed by atoms with Gasteiger partial charge in [0.05, 0.1) is 18.9 Å². The summed E-state index contributed by atoms with van der Waals surface area (Å²) in [5, 5.41) is 4.30. The molecule has 0 saturated carbocycles. The molecule has 4 rings (SSSR count). The summed E-state index contributed by atoms with van der Waals surface area (Å²) in [5.41, 5.74) is 7.35. The van der Waals surface area contributed by atoms with E-state index in [0.717, 1.165) is 18.5 Å². The third-order valence-electron chi connectivity index (χ3n) is 6.86. The first-order valence-electron chi connectivity index (χ1n) is 13.4. The molecule has 2 aromatic heterocycles. The van der Waals surface area contributed by atoms with Gasteiger partial charge in [0.15, 0.2) is 11.6 Å². The number of phosphoric ester groups is 1. The van der Waals surface area contributed by atoms with E-state index in [4.69, 9.17) is 29.0 Å². The molecule has 2 aliphatic rings. The summed E-state index contributed by atoms with van der Waals surface area (Å²) >= 11 is 0. The molecule has 3 N–H and O–H groups in total. The van der Waals surface area contributed by atoms with Crippen molar-refractivity contribution in [3.05, 3.63) is 24.2 Å². The van der Waals surface area contributed by atoms with E-state index in [0.29, 0.717) is 17.8 Å². The van der Waals surface area contributed by atoms with Crippen LogP contribution in [-0.4, -0.2) is 56.8 Å². The minimum atomic E-state index is -4.23. The van der Waals surface area contributed by atoms with Crippen LogP contribution in [0.25, 0.3) is 5.52 Å². The summed E-state index contributed by atoms with van der Waals surface area (Å²) in [6, 6.07) is 3.67. The zero-order valence-electron chi connectivity index (χ0n) is 22.1. The number of phosphoric acid groups is 1. The maximum atomic E-state index is 12.5. The summed E-state index contributed by atoms with van der Waals surface area (Å²) in [6.07, 6.45) is 9.59. The monoisotopic (exact) mass is 540 g/mol. The molecule has 12 heteroatoms. The van der Waals surface area contributed by atoms with Crippen LogP contribution in [0, 0.1) is 0 Å². The molecular formula is C25H41N4O7P. The highest BCUT2D eigenvalue weighted by Crippen LogP contribution is 2.48. The average molecular weight is 541 g/mol. The number of nitrogens with zero attached hydrogens (tertiary/aromatic N) is 3. The van der Waals surface area contributed by atoms with E-state index < -0.39 is 38.0 Å². The van der Waals surface area contributed by atoms with Crippen molar-refractivity contribution in [2.24, 2.45) is 0 Å². The Labute approximate surface area is 218 Å². The normalized spacial score (nSPS) is 26.5. The molecule has 0 radical (unpaired) electrons. The van der Waals surface area contributed by atoms with Crippen LogP contribution >= 0.6 is 7.82 Å². The highest BCUT2D eigenvalue weighted by atomic mass is 31.2. The quantitative estimate of drug-likeness (QED) is 0.236. The van der Waals surface area contributed by atoms with Crippen molar-refractivity contribution < 1.29 is 32.7 Å². The largest absolute Gasteiger partial charge is 0.472 e. The van der Waals surface area contributed by atoms with Crippen molar-refractivity contribution >= 4 is 19.2 Å². The number of hydrogen-bond acceptors (Lipinski definition) is 9. The fourth-order valence-corrected chi connectivity index (χ4v) is 5.81. The predicted octanol–water partition coefficient (Wildman–Crippen LogP) is 4.94. The zero-order valence-corrected chi connectivity index (χ0v) is 23.0. The molecular weight excluding hydrogens is 499 g/mol. The minimum absolute atomic E-state index is 0.174. The van der Waals surface area contributed by atoms with Crippen LogP contribution in [0.3, 0.4) is 0 Å². The number of fused-ring (bicyclic) bond motifs is 2. The number of rotatable bonds is 15. The molecule has 1 unspecified atom stereocenters. The number of anilines is 1. The van der Waals surface area contributed by atoms with Gasteiger partial charge in [-0.3, -0.25) is 9.05 Å². The lowest BCUT2D eigenvalue weighted by atomic mass is 10.1. The van der Waals surface area contributed by atoms with Gasteiger partial charge in [0, 0.05) is 0 Å². The van der Waals surface area contributed by atoms with Gasteiger partial charge in [-0.15, -0.1) is 0 Å². The van der Waals surface area contributed by atoms with Crippen LogP contribution in [0.5, 0.6) is 0 Å². The van der Waals surface area contributed by atoms with Crippen molar-refractivity contribution in [3.8, 4) is 0 Å². The Kier molecular flexibility index (Phi) is 9.61. The fraction of sp³-hybridized carbons (Fsp3) is 0.760. The summed E-state index contributed by atoms with van der Waals surface area (Å²) in [7, 11) is -4.23. The Morgan fingerprint density at radius 3 is 2.46 bits per heavy atom. The Balaban J connectivity index is 1.27. The van der Waals surface area contributed by atoms with Crippen molar-refractivity contribution in [3.63, 3.8) is 0 Å². The first-order chi connectivity index (χ1) is 17.7. The lowest BCUT2D eigenvalue weighted by molar-refractivity contribution is -0.191. The van der Waals surface area contributed by atoms with Crippen LogP contribution < -0.4 is 5.73 Å². The fourth-order valence-electron chi connectivity index (χ4n) is 5.04. The van der Waals surface area contributed by atoms with E-state index in [2.05, 4.69) is 17.0 Å². The standard InChI is InChI=1S/C25H41N4O7P/c1-4-5-6-7-8-9-10-11-12-15-32-37(30,31)33-16-20-22-23(36-25(2,3)35-22)21(34-20)18-13-14-19-24(26)27-17-28-29(18)19/h13-14,17,20-23H,4-12,15-16H2,1-3H3,(H,30,31)(H2,26,27,28)/t20-,21+,22-,23+/m1/s1. The van der Waals surface area contributed by atoms with Crippen molar-refractivity contribution in [1.29, 1.82) is 0 Å². The molecule has 0 amide bonds. The Morgan fingerprint density at radius 1 is 1.05 bits per heavy atom. The molecule has 11 nitrogen and oxygen atoms in total. The van der Waals surface area contributed by atoms with E-state index in [9.17, 15) is 9.46 Å². The van der Waals surface area contributed by atoms with Crippen LogP contribution in [0.15, 0.2) is 18.5 Å². The number of aromatic nitrogens is 3. The Hall–Kier alpha value is -1.59. The summed E-state index contributed by atoms with van der Waals surface area (Å²) in [5.74, 6) is -0.489. The maximum Gasteiger partial charge on any atom is 0.472 e. The second-order valence-electron chi connectivity index (χ2n) is 10.3. The molecule has 0 bridgehead atoms. The molecule has 5 atom stereocenters. The molecule has 4 heterocycles. The lowest BCUT2D eigenvalue weighted by Crippen LogP contribution is -2.32. The highest BCUT2D eigenvalue weighted by Gasteiger charge is 2.56. The number of unbranched alkanes of at least 4 members (excludes halogenated alkanes) is 8. The second kappa shape index (κ2) is 12.5. The van der Waals surface area contributed by atoms with Gasteiger partial charge in [-0.25, -0.2) is 14.1 Å². The van der Waals surface area contributed by atoms with Gasteiger partial charge >= 0.3 is 7.82 Å². The van der Waals surface area contributed by atoms with Gasteiger partial charge in [0.1, 0.15) is 36.3 Å². The van der Waals surface area contributed by atoms with Crippen LogP contribution in [0.1, 0.15) is 90.4 Å². The van der Waals surface area contributed by atoms with Crippen LogP contribution in [0.2, 0.25) is 0 Å². The van der Waals surface area contributed by atoms with Crippen LogP contribution in [0.4, 0.5) is 5.82 Å². The number of nitrogen functional groups attached to an aromatic ring is 1. The zero-order chi connectivity index (χ0) is 26.5. The molecule has 2 saturated heterocycles. The molecule has 37 heavy (non-hydrogen) atoms. The molecule has 208 valence electrons. The van der Waals surface area contributed by atoms with Crippen molar-refractivity contribution in [2.45, 2.75) is 109 Å². The summed E-state index contributed by atoms with van der Waals surface area (Å²) in [4.78, 5) is 14.2. The molecule has 2 aromatic rings. The SMILES string of the molecule is CCCCCCCCCCCOP(=O)(O)OC[C@H]1O[C@@H](c2ccc3c(N)ncnn23)[C@@H]2OC(C)(C)O[C@@H]21. The topological polar surface area (TPSA) is 140 Å². The highest BCUT2D eigenvalue weighted by molar-refractivity contribution is 7.47. The Morgan fingerprint density at radius 2 is 1.73 bits per heavy atom. The van der Waals surface area contributed by atoms with E-state index >= 15 is 0 Å². The van der Waals surface area contributed by atoms with Crippen LogP contribution in [-0.2, 0) is 27.8 Å². The van der Waals surface area contributed by atoms with Crippen molar-refractivity contribution in [2.75, 3.05) is 18.9 Å². The van der Waals surface area contributed by atoms with Gasteiger partial charge < -0.3 is 24.8 Å². The van der Waals surface area contributed by atoms with E-state index in [1.807, 2.05) is 26.0 Å². The van der Waals surface area contributed by atoms with Gasteiger partial charge in [-0.1, -0.05) is 58.3 Å². The summed E-state index contributed by atoms with van der Waals surface area (Å²) in [6.45, 7) is 5.86. The molecule has 0 aromatic carbocycles.